The highest BCUT2D eigenvalue weighted by Crippen LogP contribution is 2.14. The zero-order valence-corrected chi connectivity index (χ0v) is 41.7. The van der Waals surface area contributed by atoms with E-state index in [1.165, 1.54) is 70.6 Å². The number of nitrogens with zero attached hydrogens (tertiary/aromatic N) is 1. The molecule has 8 nitrogen and oxygen atoms in total. The maximum atomic E-state index is 12.8. The standard InChI is InChI=1S/C56H95NO7/c1-6-8-10-12-14-16-18-20-22-24-26-27-29-31-33-35-37-39-41-43-45-47-55(59)64-52(50-62-49-48-53(56(60)61)57(3,4)5)51-63-54(58)46-44-42-40-38-36-34-32-30-28-25-23-21-19-17-15-13-11-9-7-2/h8,10,14-17,20-23,26-28,30,52-53H,6-7,9,11-13,18-19,24-25,29,31-51H2,1-5H3/p+1/b10-8-,16-14-,17-15-,22-20-,23-21-,27-26-,30-28-. The highest BCUT2D eigenvalue weighted by atomic mass is 16.6. The fourth-order valence-corrected chi connectivity index (χ4v) is 7.09. The van der Waals surface area contributed by atoms with Crippen LogP contribution < -0.4 is 0 Å². The minimum absolute atomic E-state index is 0.0491. The second kappa shape index (κ2) is 46.1. The second-order valence-corrected chi connectivity index (χ2v) is 18.0. The van der Waals surface area contributed by atoms with Crippen LogP contribution in [0.1, 0.15) is 200 Å². The second-order valence-electron chi connectivity index (χ2n) is 18.0. The molecule has 0 fully saturated rings. The largest absolute Gasteiger partial charge is 0.477 e. The Morgan fingerprint density at radius 1 is 0.484 bits per heavy atom. The van der Waals surface area contributed by atoms with E-state index in [2.05, 4.69) is 98.9 Å². The number of carboxylic acid groups (broad SMARTS) is 1. The average molecular weight is 895 g/mol. The predicted molar refractivity (Wildman–Crippen MR) is 270 cm³/mol. The van der Waals surface area contributed by atoms with Crippen molar-refractivity contribution >= 4 is 17.9 Å². The van der Waals surface area contributed by atoms with E-state index in [-0.39, 0.29) is 36.2 Å². The third-order valence-electron chi connectivity index (χ3n) is 11.0. The lowest BCUT2D eigenvalue weighted by molar-refractivity contribution is -0.887. The van der Waals surface area contributed by atoms with Crippen molar-refractivity contribution in [1.29, 1.82) is 0 Å². The van der Waals surface area contributed by atoms with Crippen molar-refractivity contribution in [1.82, 2.24) is 0 Å². The smallest absolute Gasteiger partial charge is 0.362 e. The topological polar surface area (TPSA) is 99.1 Å². The summed E-state index contributed by atoms with van der Waals surface area (Å²) in [4.78, 5) is 37.2. The minimum atomic E-state index is -0.881. The third kappa shape index (κ3) is 43.7. The molecular formula is C56H96NO7+. The Balaban J connectivity index is 4.31. The zero-order valence-electron chi connectivity index (χ0n) is 41.7. The number of hydrogen-bond acceptors (Lipinski definition) is 6. The molecular weight excluding hydrogens is 799 g/mol. The molecule has 0 radical (unpaired) electrons. The van der Waals surface area contributed by atoms with Crippen molar-refractivity contribution in [3.05, 3.63) is 85.1 Å². The first-order valence-electron chi connectivity index (χ1n) is 25.6. The van der Waals surface area contributed by atoms with Gasteiger partial charge in [0.1, 0.15) is 6.61 Å². The molecule has 0 heterocycles. The Bertz CT molecular complexity index is 1320. The Kier molecular flexibility index (Phi) is 43.5. The summed E-state index contributed by atoms with van der Waals surface area (Å²) >= 11 is 0. The van der Waals surface area contributed by atoms with Gasteiger partial charge in [0.25, 0.3) is 0 Å². The molecule has 0 saturated heterocycles. The summed E-state index contributed by atoms with van der Waals surface area (Å²) in [5.41, 5.74) is 0. The Morgan fingerprint density at radius 2 is 0.875 bits per heavy atom. The molecule has 0 aromatic carbocycles. The van der Waals surface area contributed by atoms with Crippen molar-refractivity contribution in [3.63, 3.8) is 0 Å². The SMILES string of the molecule is CC/C=C\C/C=C\C/C=C\C/C=C\CCCCCCCCCCC(=O)OC(COCCC(C(=O)O)[N+](C)(C)C)COC(=O)CCCCCCCC/C=C\C/C=C\C/C=C\CCCCC. The minimum Gasteiger partial charge on any atom is -0.477 e. The van der Waals surface area contributed by atoms with Gasteiger partial charge in [0.15, 0.2) is 12.1 Å². The number of ether oxygens (including phenoxy) is 3. The van der Waals surface area contributed by atoms with Crippen LogP contribution in [0.4, 0.5) is 0 Å². The van der Waals surface area contributed by atoms with Crippen molar-refractivity contribution in [2.24, 2.45) is 0 Å². The summed E-state index contributed by atoms with van der Waals surface area (Å²) in [6.45, 7) is 4.58. The summed E-state index contributed by atoms with van der Waals surface area (Å²) in [6.07, 6.45) is 60.5. The van der Waals surface area contributed by atoms with Gasteiger partial charge >= 0.3 is 17.9 Å². The average Bonchev–Trinajstić information content (AvgIpc) is 3.26. The Labute approximate surface area is 393 Å². The molecule has 0 aromatic heterocycles. The normalized spacial score (nSPS) is 13.6. The molecule has 0 aliphatic carbocycles. The van der Waals surface area contributed by atoms with Gasteiger partial charge in [-0.2, -0.15) is 0 Å². The summed E-state index contributed by atoms with van der Waals surface area (Å²) in [6, 6.07) is -0.623. The highest BCUT2D eigenvalue weighted by molar-refractivity contribution is 5.72. The van der Waals surface area contributed by atoms with Crippen LogP contribution in [0.5, 0.6) is 0 Å². The lowest BCUT2D eigenvalue weighted by Gasteiger charge is -2.31. The molecule has 0 aromatic rings. The van der Waals surface area contributed by atoms with Crippen molar-refractivity contribution in [3.8, 4) is 0 Å². The Morgan fingerprint density at radius 3 is 1.30 bits per heavy atom. The summed E-state index contributed by atoms with van der Waals surface area (Å²) in [7, 11) is 5.52. The number of carbonyl (C=O) groups is 3. The molecule has 0 aliphatic rings. The fourth-order valence-electron chi connectivity index (χ4n) is 7.09. The summed E-state index contributed by atoms with van der Waals surface area (Å²) < 4.78 is 17.3. The third-order valence-corrected chi connectivity index (χ3v) is 11.0. The first kappa shape index (κ1) is 60.5. The number of carboxylic acids is 1. The van der Waals surface area contributed by atoms with Crippen LogP contribution in [-0.2, 0) is 28.6 Å². The quantitative estimate of drug-likeness (QED) is 0.0281. The van der Waals surface area contributed by atoms with Gasteiger partial charge in [-0.05, 0) is 89.9 Å². The number of rotatable bonds is 45. The van der Waals surface area contributed by atoms with Crippen molar-refractivity contribution < 1.29 is 38.2 Å². The van der Waals surface area contributed by atoms with Crippen LogP contribution >= 0.6 is 0 Å². The first-order valence-corrected chi connectivity index (χ1v) is 25.6. The van der Waals surface area contributed by atoms with E-state index in [1.54, 1.807) is 0 Å². The molecule has 0 bridgehead atoms. The van der Waals surface area contributed by atoms with Gasteiger partial charge in [-0.3, -0.25) is 9.59 Å². The number of hydrogen-bond donors (Lipinski definition) is 1. The maximum Gasteiger partial charge on any atom is 0.362 e. The van der Waals surface area contributed by atoms with E-state index in [0.29, 0.717) is 19.3 Å². The van der Waals surface area contributed by atoms with Crippen molar-refractivity contribution in [2.45, 2.75) is 212 Å². The molecule has 0 aliphatic heterocycles. The lowest BCUT2D eigenvalue weighted by atomic mass is 10.1. The van der Waals surface area contributed by atoms with Gasteiger partial charge < -0.3 is 23.8 Å². The molecule has 366 valence electrons. The predicted octanol–water partition coefficient (Wildman–Crippen LogP) is 14.9. The lowest BCUT2D eigenvalue weighted by Crippen LogP contribution is -2.50. The van der Waals surface area contributed by atoms with Crippen LogP contribution in [0, 0.1) is 0 Å². The zero-order chi connectivity index (χ0) is 47.0. The van der Waals surface area contributed by atoms with E-state index in [0.717, 1.165) is 96.3 Å². The molecule has 64 heavy (non-hydrogen) atoms. The molecule has 1 N–H and O–H groups in total. The summed E-state index contributed by atoms with van der Waals surface area (Å²) in [5.74, 6) is -1.50. The van der Waals surface area contributed by atoms with E-state index in [9.17, 15) is 19.5 Å². The monoisotopic (exact) mass is 895 g/mol. The molecule has 2 unspecified atom stereocenters. The molecule has 8 heteroatoms. The van der Waals surface area contributed by atoms with Crippen LogP contribution in [0.2, 0.25) is 0 Å². The van der Waals surface area contributed by atoms with Gasteiger partial charge in [-0.25, -0.2) is 4.79 Å². The molecule has 2 atom stereocenters. The molecule has 0 amide bonds. The van der Waals surface area contributed by atoms with E-state index >= 15 is 0 Å². The summed E-state index contributed by atoms with van der Waals surface area (Å²) in [5, 5.41) is 9.66. The van der Waals surface area contributed by atoms with E-state index < -0.39 is 18.1 Å². The van der Waals surface area contributed by atoms with Gasteiger partial charge in [0, 0.05) is 19.3 Å². The van der Waals surface area contributed by atoms with Gasteiger partial charge in [-0.15, -0.1) is 0 Å². The Hall–Kier alpha value is -3.49. The van der Waals surface area contributed by atoms with Gasteiger partial charge in [0.2, 0.25) is 0 Å². The van der Waals surface area contributed by atoms with Crippen LogP contribution in [-0.4, -0.2) is 80.6 Å². The maximum absolute atomic E-state index is 12.8. The number of quaternary nitrogens is 1. The van der Waals surface area contributed by atoms with E-state index in [1.807, 2.05) is 21.1 Å². The number of esters is 2. The highest BCUT2D eigenvalue weighted by Gasteiger charge is 2.31. The van der Waals surface area contributed by atoms with Gasteiger partial charge in [0.05, 0.1) is 34.4 Å². The first-order chi connectivity index (χ1) is 31.1. The molecule has 0 rings (SSSR count). The van der Waals surface area contributed by atoms with E-state index in [4.69, 9.17) is 14.2 Å². The molecule has 0 saturated carbocycles. The van der Waals surface area contributed by atoms with Crippen LogP contribution in [0.15, 0.2) is 85.1 Å². The number of unbranched alkanes of at least 4 members (excludes halogenated alkanes) is 17. The van der Waals surface area contributed by atoms with Crippen LogP contribution in [0.25, 0.3) is 0 Å². The van der Waals surface area contributed by atoms with Crippen molar-refractivity contribution in [2.75, 3.05) is 41.0 Å². The number of carbonyl (C=O) groups excluding carboxylic acids is 2. The van der Waals surface area contributed by atoms with Crippen LogP contribution in [0.3, 0.4) is 0 Å². The fraction of sp³-hybridized carbons (Fsp3) is 0.696. The van der Waals surface area contributed by atoms with Gasteiger partial charge in [-0.1, -0.05) is 176 Å². The number of allylic oxidation sites excluding steroid dienone is 14. The number of aliphatic carboxylic acids is 1. The molecule has 0 spiro atoms. The number of likely N-dealkylation sites (N-methyl/N-ethyl adjacent to an activating group) is 1.